The summed E-state index contributed by atoms with van der Waals surface area (Å²) >= 11 is 0. The Labute approximate surface area is 81.4 Å². The van der Waals surface area contributed by atoms with Crippen LogP contribution in [-0.2, 0) is 17.6 Å². The molecule has 0 aromatic heterocycles. The highest BCUT2D eigenvalue weighted by Crippen LogP contribution is 2.33. The second-order valence-corrected chi connectivity index (χ2v) is 2.74. The Kier molecular flexibility index (Phi) is 3.25. The lowest BCUT2D eigenvalue weighted by molar-refractivity contribution is -0.142. The van der Waals surface area contributed by atoms with E-state index in [4.69, 9.17) is 0 Å². The van der Waals surface area contributed by atoms with Crippen molar-refractivity contribution in [2.75, 3.05) is 0 Å². The van der Waals surface area contributed by atoms with Gasteiger partial charge in [-0.15, -0.1) is 0 Å². The lowest BCUT2D eigenvalue weighted by Gasteiger charge is -2.10. The monoisotopic (exact) mass is 227 g/mol. The Balaban J connectivity index is 3.22. The van der Waals surface area contributed by atoms with Crippen molar-refractivity contribution >= 4 is 0 Å². The SMILES string of the molecule is NOCc1cc(F)c(C(F)(F)F)c(F)c1. The molecule has 1 aromatic rings. The van der Waals surface area contributed by atoms with Crippen molar-refractivity contribution in [3.05, 3.63) is 34.9 Å². The van der Waals surface area contributed by atoms with E-state index in [9.17, 15) is 22.0 Å². The van der Waals surface area contributed by atoms with Crippen molar-refractivity contribution in [3.63, 3.8) is 0 Å². The fourth-order valence-electron chi connectivity index (χ4n) is 1.08. The molecule has 1 rings (SSSR count). The van der Waals surface area contributed by atoms with Crippen LogP contribution in [0.4, 0.5) is 22.0 Å². The predicted molar refractivity (Wildman–Crippen MR) is 40.3 cm³/mol. The van der Waals surface area contributed by atoms with Gasteiger partial charge in [0.2, 0.25) is 0 Å². The molecule has 2 N–H and O–H groups in total. The van der Waals surface area contributed by atoms with Crippen LogP contribution in [0.3, 0.4) is 0 Å². The molecule has 0 amide bonds. The summed E-state index contributed by atoms with van der Waals surface area (Å²) < 4.78 is 62.0. The highest BCUT2D eigenvalue weighted by atomic mass is 19.4. The molecule has 0 unspecified atom stereocenters. The maximum Gasteiger partial charge on any atom is 0.422 e. The third-order valence-electron chi connectivity index (χ3n) is 1.64. The Bertz CT molecular complexity index is 340. The summed E-state index contributed by atoms with van der Waals surface area (Å²) in [5, 5.41) is 0. The minimum Gasteiger partial charge on any atom is -0.300 e. The molecule has 0 heterocycles. The molecule has 15 heavy (non-hydrogen) atoms. The molecule has 0 radical (unpaired) electrons. The van der Waals surface area contributed by atoms with E-state index in [0.29, 0.717) is 12.1 Å². The molecule has 0 aliphatic heterocycles. The van der Waals surface area contributed by atoms with Crippen LogP contribution in [0.2, 0.25) is 0 Å². The van der Waals surface area contributed by atoms with E-state index in [-0.39, 0.29) is 12.2 Å². The topological polar surface area (TPSA) is 35.2 Å². The first-order valence-electron chi connectivity index (χ1n) is 3.73. The highest BCUT2D eigenvalue weighted by Gasteiger charge is 2.37. The van der Waals surface area contributed by atoms with Crippen LogP contribution >= 0.6 is 0 Å². The summed E-state index contributed by atoms with van der Waals surface area (Å²) in [6.07, 6.45) is -5.06. The van der Waals surface area contributed by atoms with Crippen molar-refractivity contribution in [3.8, 4) is 0 Å². The molecule has 2 nitrogen and oxygen atoms in total. The average molecular weight is 227 g/mol. The zero-order chi connectivity index (χ0) is 11.6. The van der Waals surface area contributed by atoms with E-state index in [0.717, 1.165) is 0 Å². The van der Waals surface area contributed by atoms with Gasteiger partial charge < -0.3 is 0 Å². The molecule has 0 fully saturated rings. The van der Waals surface area contributed by atoms with Gasteiger partial charge in [0.15, 0.2) is 0 Å². The van der Waals surface area contributed by atoms with Crippen LogP contribution in [-0.4, -0.2) is 0 Å². The van der Waals surface area contributed by atoms with Crippen LogP contribution < -0.4 is 5.90 Å². The van der Waals surface area contributed by atoms with Gasteiger partial charge in [0.1, 0.15) is 17.2 Å². The third-order valence-corrected chi connectivity index (χ3v) is 1.64. The summed E-state index contributed by atoms with van der Waals surface area (Å²) in [4.78, 5) is 4.05. The van der Waals surface area contributed by atoms with Crippen molar-refractivity contribution in [1.29, 1.82) is 0 Å². The molecular formula is C8H6F5NO. The summed E-state index contributed by atoms with van der Waals surface area (Å²) in [7, 11) is 0. The van der Waals surface area contributed by atoms with Gasteiger partial charge >= 0.3 is 6.18 Å². The predicted octanol–water partition coefficient (Wildman–Crippen LogP) is 2.37. The molecule has 0 aliphatic carbocycles. The quantitative estimate of drug-likeness (QED) is 0.621. The number of halogens is 5. The molecule has 1 aromatic carbocycles. The van der Waals surface area contributed by atoms with E-state index >= 15 is 0 Å². The lowest BCUT2D eigenvalue weighted by Crippen LogP contribution is -2.12. The van der Waals surface area contributed by atoms with E-state index in [1.807, 2.05) is 0 Å². The average Bonchev–Trinajstić information content (AvgIpc) is 1.99. The van der Waals surface area contributed by atoms with Gasteiger partial charge in [0, 0.05) is 0 Å². The van der Waals surface area contributed by atoms with Gasteiger partial charge in [0.05, 0.1) is 6.61 Å². The first kappa shape index (κ1) is 11.9. The number of benzene rings is 1. The first-order valence-corrected chi connectivity index (χ1v) is 3.73. The summed E-state index contributed by atoms with van der Waals surface area (Å²) in [5.41, 5.74) is -2.02. The van der Waals surface area contributed by atoms with Crippen molar-refractivity contribution in [2.45, 2.75) is 12.8 Å². The van der Waals surface area contributed by atoms with Gasteiger partial charge in [-0.3, -0.25) is 4.84 Å². The molecule has 0 saturated carbocycles. The van der Waals surface area contributed by atoms with E-state index < -0.39 is 23.4 Å². The number of rotatable bonds is 2. The first-order chi connectivity index (χ1) is 6.86. The molecule has 0 bridgehead atoms. The molecule has 0 aliphatic rings. The van der Waals surface area contributed by atoms with Gasteiger partial charge in [0.25, 0.3) is 0 Å². The van der Waals surface area contributed by atoms with Gasteiger partial charge in [-0.2, -0.15) is 13.2 Å². The Morgan fingerprint density at radius 2 is 1.60 bits per heavy atom. The molecule has 0 saturated heterocycles. The van der Waals surface area contributed by atoms with Gasteiger partial charge in [-0.1, -0.05) is 0 Å². The highest BCUT2D eigenvalue weighted by molar-refractivity contribution is 5.28. The van der Waals surface area contributed by atoms with Crippen LogP contribution in [0.5, 0.6) is 0 Å². The second-order valence-electron chi connectivity index (χ2n) is 2.74. The third kappa shape index (κ3) is 2.63. The Hall–Kier alpha value is -1.21. The molecule has 0 atom stereocenters. The van der Waals surface area contributed by atoms with Crippen LogP contribution in [0, 0.1) is 11.6 Å². The minimum absolute atomic E-state index is 0.111. The van der Waals surface area contributed by atoms with Gasteiger partial charge in [-0.25, -0.2) is 14.7 Å². The van der Waals surface area contributed by atoms with E-state index in [1.54, 1.807) is 0 Å². The number of hydrogen-bond donors (Lipinski definition) is 1. The number of nitrogens with two attached hydrogens (primary N) is 1. The smallest absolute Gasteiger partial charge is 0.300 e. The summed E-state index contributed by atoms with van der Waals surface area (Å²) in [5.74, 6) is 1.25. The van der Waals surface area contributed by atoms with E-state index in [2.05, 4.69) is 10.7 Å². The second kappa shape index (κ2) is 4.11. The molecular weight excluding hydrogens is 221 g/mol. The zero-order valence-corrected chi connectivity index (χ0v) is 7.24. The molecule has 0 spiro atoms. The Morgan fingerprint density at radius 3 is 1.93 bits per heavy atom. The fraction of sp³-hybridized carbons (Fsp3) is 0.250. The molecule has 7 heteroatoms. The standard InChI is InChI=1S/C8H6F5NO/c9-5-1-4(3-15-14)2-6(10)7(5)8(11,12)13/h1-2H,3,14H2. The van der Waals surface area contributed by atoms with E-state index in [1.165, 1.54) is 0 Å². The van der Waals surface area contributed by atoms with Crippen LogP contribution in [0.15, 0.2) is 12.1 Å². The van der Waals surface area contributed by atoms with Crippen molar-refractivity contribution in [2.24, 2.45) is 5.90 Å². The van der Waals surface area contributed by atoms with Crippen LogP contribution in [0.1, 0.15) is 11.1 Å². The van der Waals surface area contributed by atoms with Gasteiger partial charge in [-0.05, 0) is 17.7 Å². The number of hydrogen-bond acceptors (Lipinski definition) is 2. The van der Waals surface area contributed by atoms with Crippen LogP contribution in [0.25, 0.3) is 0 Å². The number of alkyl halides is 3. The minimum atomic E-state index is -5.06. The maximum atomic E-state index is 12.9. The summed E-state index contributed by atoms with van der Waals surface area (Å²) in [6.45, 7) is -0.369. The summed E-state index contributed by atoms with van der Waals surface area (Å²) in [6, 6.07) is 1.05. The normalized spacial score (nSPS) is 11.9. The van der Waals surface area contributed by atoms with Crippen molar-refractivity contribution in [1.82, 2.24) is 0 Å². The maximum absolute atomic E-state index is 12.9. The van der Waals surface area contributed by atoms with Crippen molar-refractivity contribution < 1.29 is 26.8 Å². The largest absolute Gasteiger partial charge is 0.422 e. The fourth-order valence-corrected chi connectivity index (χ4v) is 1.08. The Morgan fingerprint density at radius 1 is 1.13 bits per heavy atom. The molecule has 84 valence electrons. The zero-order valence-electron chi connectivity index (χ0n) is 7.24. The lowest BCUT2D eigenvalue weighted by atomic mass is 10.1.